The second-order valence-corrected chi connectivity index (χ2v) is 7.26. The number of ether oxygens (including phenoxy) is 1. The van der Waals surface area contributed by atoms with Gasteiger partial charge in [0.25, 0.3) is 5.91 Å². The molecule has 0 radical (unpaired) electrons. The summed E-state index contributed by atoms with van der Waals surface area (Å²) in [4.78, 5) is 13.5. The smallest absolute Gasteiger partial charge is 0.254 e. The molecule has 0 spiro atoms. The van der Waals surface area contributed by atoms with E-state index in [0.29, 0.717) is 13.1 Å². The molecule has 1 amide bonds. The maximum absolute atomic E-state index is 11.9. The van der Waals surface area contributed by atoms with E-state index in [4.69, 9.17) is 4.74 Å². The van der Waals surface area contributed by atoms with Gasteiger partial charge in [0.05, 0.1) is 13.1 Å². The van der Waals surface area contributed by atoms with E-state index in [1.165, 1.54) is 13.8 Å². The fourth-order valence-corrected chi connectivity index (χ4v) is 2.43. The van der Waals surface area contributed by atoms with E-state index in [1.807, 2.05) is 18.2 Å². The van der Waals surface area contributed by atoms with E-state index in [2.05, 4.69) is 26.8 Å². The zero-order valence-electron chi connectivity index (χ0n) is 13.5. The lowest BCUT2D eigenvalue weighted by atomic mass is 9.86. The molecule has 1 aromatic rings. The van der Waals surface area contributed by atoms with Crippen LogP contribution in [0.15, 0.2) is 24.3 Å². The molecule has 0 unspecified atom stereocenters. The molecule has 1 N–H and O–H groups in total. The highest BCUT2D eigenvalue weighted by Gasteiger charge is 2.39. The van der Waals surface area contributed by atoms with Crippen molar-refractivity contribution in [1.82, 2.24) is 4.90 Å². The van der Waals surface area contributed by atoms with Crippen molar-refractivity contribution in [3.63, 3.8) is 0 Å². The summed E-state index contributed by atoms with van der Waals surface area (Å²) >= 11 is 0. The van der Waals surface area contributed by atoms with Gasteiger partial charge < -0.3 is 14.7 Å². The van der Waals surface area contributed by atoms with Crippen molar-refractivity contribution in [2.45, 2.75) is 51.7 Å². The van der Waals surface area contributed by atoms with Crippen molar-refractivity contribution in [3.8, 4) is 5.75 Å². The monoisotopic (exact) mass is 291 g/mol. The SMILES string of the molecule is CC(C)(O)C(=O)N1CC(Oc2ccccc2C(C)(C)C)C1. The molecule has 116 valence electrons. The molecule has 1 saturated heterocycles. The molecule has 1 aromatic carbocycles. The minimum absolute atomic E-state index is 0.000185. The Kier molecular flexibility index (Phi) is 4.02. The van der Waals surface area contributed by atoms with Crippen LogP contribution < -0.4 is 4.74 Å². The first-order valence-corrected chi connectivity index (χ1v) is 7.37. The molecule has 4 nitrogen and oxygen atoms in total. The quantitative estimate of drug-likeness (QED) is 0.930. The summed E-state index contributed by atoms with van der Waals surface area (Å²) in [6.07, 6.45) is -0.000185. The number of likely N-dealkylation sites (tertiary alicyclic amines) is 1. The minimum Gasteiger partial charge on any atom is -0.486 e. The van der Waals surface area contributed by atoms with Gasteiger partial charge in [0, 0.05) is 0 Å². The lowest BCUT2D eigenvalue weighted by molar-refractivity contribution is -0.156. The van der Waals surface area contributed by atoms with Gasteiger partial charge in [-0.05, 0) is 30.9 Å². The highest BCUT2D eigenvalue weighted by atomic mass is 16.5. The second-order valence-electron chi connectivity index (χ2n) is 7.26. The second kappa shape index (κ2) is 5.34. The highest BCUT2D eigenvalue weighted by Crippen LogP contribution is 2.32. The van der Waals surface area contributed by atoms with Gasteiger partial charge in [-0.1, -0.05) is 39.0 Å². The van der Waals surface area contributed by atoms with Crippen LogP contribution in [0.1, 0.15) is 40.2 Å². The number of aliphatic hydroxyl groups is 1. The van der Waals surface area contributed by atoms with Gasteiger partial charge in [0.15, 0.2) is 0 Å². The summed E-state index contributed by atoms with van der Waals surface area (Å²) < 4.78 is 6.03. The van der Waals surface area contributed by atoms with E-state index in [0.717, 1.165) is 11.3 Å². The zero-order chi connectivity index (χ0) is 15.8. The molecule has 21 heavy (non-hydrogen) atoms. The van der Waals surface area contributed by atoms with Gasteiger partial charge in [-0.2, -0.15) is 0 Å². The third kappa shape index (κ3) is 3.56. The Bertz CT molecular complexity index is 520. The summed E-state index contributed by atoms with van der Waals surface area (Å²) in [7, 11) is 0. The summed E-state index contributed by atoms with van der Waals surface area (Å²) in [6, 6.07) is 8.02. The van der Waals surface area contributed by atoms with Gasteiger partial charge in [0.2, 0.25) is 0 Å². The number of amides is 1. The lowest BCUT2D eigenvalue weighted by Gasteiger charge is -2.42. The largest absolute Gasteiger partial charge is 0.486 e. The number of hydrogen-bond acceptors (Lipinski definition) is 3. The van der Waals surface area contributed by atoms with Crippen molar-refractivity contribution in [2.24, 2.45) is 0 Å². The Morgan fingerprint density at radius 2 is 1.76 bits per heavy atom. The number of benzene rings is 1. The Morgan fingerprint density at radius 1 is 1.19 bits per heavy atom. The predicted octanol–water partition coefficient (Wildman–Crippen LogP) is 2.34. The van der Waals surface area contributed by atoms with Crippen LogP contribution in [-0.2, 0) is 10.2 Å². The Labute approximate surface area is 126 Å². The van der Waals surface area contributed by atoms with Crippen LogP contribution in [0.25, 0.3) is 0 Å². The van der Waals surface area contributed by atoms with Crippen molar-refractivity contribution in [1.29, 1.82) is 0 Å². The van der Waals surface area contributed by atoms with Crippen LogP contribution in [0.3, 0.4) is 0 Å². The van der Waals surface area contributed by atoms with Gasteiger partial charge in [-0.3, -0.25) is 4.79 Å². The number of para-hydroxylation sites is 1. The molecule has 4 heteroatoms. The first-order valence-electron chi connectivity index (χ1n) is 7.37. The van der Waals surface area contributed by atoms with E-state index < -0.39 is 5.60 Å². The van der Waals surface area contributed by atoms with E-state index in [9.17, 15) is 9.90 Å². The summed E-state index contributed by atoms with van der Waals surface area (Å²) in [5.41, 5.74) is -0.130. The van der Waals surface area contributed by atoms with Crippen LogP contribution in [0.2, 0.25) is 0 Å². The molecule has 0 aliphatic carbocycles. The summed E-state index contributed by atoms with van der Waals surface area (Å²) in [5, 5.41) is 9.72. The van der Waals surface area contributed by atoms with Crippen LogP contribution in [0.4, 0.5) is 0 Å². The highest BCUT2D eigenvalue weighted by molar-refractivity contribution is 5.84. The number of hydrogen-bond donors (Lipinski definition) is 1. The lowest BCUT2D eigenvalue weighted by Crippen LogP contribution is -2.60. The Hall–Kier alpha value is -1.55. The third-order valence-electron chi connectivity index (χ3n) is 3.65. The van der Waals surface area contributed by atoms with Gasteiger partial charge in [-0.25, -0.2) is 0 Å². The fourth-order valence-electron chi connectivity index (χ4n) is 2.43. The molecule has 1 aliphatic rings. The van der Waals surface area contributed by atoms with Crippen molar-refractivity contribution >= 4 is 5.91 Å². The first-order chi connectivity index (χ1) is 9.59. The van der Waals surface area contributed by atoms with Crippen molar-refractivity contribution in [3.05, 3.63) is 29.8 Å². The number of rotatable bonds is 3. The molecule has 0 bridgehead atoms. The Balaban J connectivity index is 1.99. The summed E-state index contributed by atoms with van der Waals surface area (Å²) in [5.74, 6) is 0.636. The third-order valence-corrected chi connectivity index (χ3v) is 3.65. The van der Waals surface area contributed by atoms with Gasteiger partial charge >= 0.3 is 0 Å². The molecule has 0 aromatic heterocycles. The fraction of sp³-hybridized carbons (Fsp3) is 0.588. The maximum atomic E-state index is 11.9. The van der Waals surface area contributed by atoms with Crippen molar-refractivity contribution in [2.75, 3.05) is 13.1 Å². The molecule has 1 aliphatic heterocycles. The van der Waals surface area contributed by atoms with Gasteiger partial charge in [0.1, 0.15) is 17.5 Å². The average Bonchev–Trinajstić information content (AvgIpc) is 2.30. The normalized spacial score (nSPS) is 16.6. The van der Waals surface area contributed by atoms with E-state index in [-0.39, 0.29) is 17.4 Å². The summed E-state index contributed by atoms with van der Waals surface area (Å²) in [6.45, 7) is 10.5. The van der Waals surface area contributed by atoms with E-state index in [1.54, 1.807) is 4.90 Å². The Morgan fingerprint density at radius 3 is 2.29 bits per heavy atom. The molecule has 1 heterocycles. The molecule has 0 saturated carbocycles. The number of carbonyl (C=O) groups is 1. The topological polar surface area (TPSA) is 49.8 Å². The molecule has 1 fully saturated rings. The van der Waals surface area contributed by atoms with E-state index >= 15 is 0 Å². The predicted molar refractivity (Wildman–Crippen MR) is 82.4 cm³/mol. The first kappa shape index (κ1) is 15.8. The number of carbonyl (C=O) groups excluding carboxylic acids is 1. The van der Waals surface area contributed by atoms with Crippen LogP contribution >= 0.6 is 0 Å². The molecule has 0 atom stereocenters. The van der Waals surface area contributed by atoms with Crippen LogP contribution in [0.5, 0.6) is 5.75 Å². The van der Waals surface area contributed by atoms with Crippen LogP contribution in [0, 0.1) is 0 Å². The number of nitrogens with zero attached hydrogens (tertiary/aromatic N) is 1. The molecular formula is C17H25NO3. The molecular weight excluding hydrogens is 266 g/mol. The van der Waals surface area contributed by atoms with Gasteiger partial charge in [-0.15, -0.1) is 0 Å². The van der Waals surface area contributed by atoms with Crippen molar-refractivity contribution < 1.29 is 14.6 Å². The molecule has 2 rings (SSSR count). The average molecular weight is 291 g/mol. The zero-order valence-corrected chi connectivity index (χ0v) is 13.5. The maximum Gasteiger partial charge on any atom is 0.254 e. The standard InChI is InChI=1S/C17H25NO3/c1-16(2,3)13-8-6-7-9-14(13)21-12-10-18(11-12)15(19)17(4,5)20/h6-9,12,20H,10-11H2,1-5H3. The minimum atomic E-state index is -1.31. The van der Waals surface area contributed by atoms with Crippen LogP contribution in [-0.4, -0.2) is 40.7 Å².